The Morgan fingerprint density at radius 1 is 0.476 bits per heavy atom. The molecule has 0 N–H and O–H groups in total. The monoisotopic (exact) mass is 933 g/mol. The van der Waals surface area contributed by atoms with Gasteiger partial charge in [0.1, 0.15) is 17.1 Å². The average Bonchev–Trinajstić information content (AvgIpc) is 4.00. The number of ether oxygens (including phenoxy) is 1. The SMILES string of the molecule is Cc1ccc(-c2ccc3oc(C)c(C)c3c2)cc1.Cc1ccc2c(c1)c1cc(-c3ccc(CCCc4ccc(-c5ccc6c(c5)CCO6)cc4)cc3)ccc1n2-c1ccccc1.I. The van der Waals surface area contributed by atoms with Gasteiger partial charge in [-0.1, -0.05) is 126 Å². The van der Waals surface area contributed by atoms with Crippen LogP contribution >= 0.6 is 24.0 Å². The highest BCUT2D eigenvalue weighted by molar-refractivity contribution is 14.0. The molecule has 10 aromatic rings. The summed E-state index contributed by atoms with van der Waals surface area (Å²) in [4.78, 5) is 0. The van der Waals surface area contributed by atoms with Gasteiger partial charge in [0.15, 0.2) is 0 Å². The molecule has 3 heterocycles. The van der Waals surface area contributed by atoms with E-state index in [-0.39, 0.29) is 24.0 Å². The van der Waals surface area contributed by atoms with Crippen molar-refractivity contribution in [1.82, 2.24) is 4.57 Å². The molecule has 0 radical (unpaired) electrons. The Kier molecular flexibility index (Phi) is 12.1. The fourth-order valence-corrected chi connectivity index (χ4v) is 9.03. The molecule has 1 aliphatic heterocycles. The Balaban J connectivity index is 0.000000222. The third kappa shape index (κ3) is 8.70. The zero-order valence-corrected chi connectivity index (χ0v) is 38.8. The number of hydrogen-bond donors (Lipinski definition) is 0. The summed E-state index contributed by atoms with van der Waals surface area (Å²) >= 11 is 0. The first-order valence-electron chi connectivity index (χ1n) is 22.0. The number of hydrogen-bond acceptors (Lipinski definition) is 2. The van der Waals surface area contributed by atoms with Gasteiger partial charge < -0.3 is 13.7 Å². The number of halogens is 1. The van der Waals surface area contributed by atoms with E-state index in [0.717, 1.165) is 49.4 Å². The van der Waals surface area contributed by atoms with Gasteiger partial charge in [-0.15, -0.1) is 24.0 Å². The highest BCUT2D eigenvalue weighted by Gasteiger charge is 2.15. The van der Waals surface area contributed by atoms with E-state index in [2.05, 4.69) is 201 Å². The summed E-state index contributed by atoms with van der Waals surface area (Å²) in [5, 5.41) is 3.81. The summed E-state index contributed by atoms with van der Waals surface area (Å²) in [5.74, 6) is 2.05. The van der Waals surface area contributed by atoms with Crippen molar-refractivity contribution in [3.8, 4) is 44.8 Å². The Bertz CT molecular complexity index is 3190. The second-order valence-electron chi connectivity index (χ2n) is 17.0. The van der Waals surface area contributed by atoms with Crippen LogP contribution in [0.4, 0.5) is 0 Å². The Morgan fingerprint density at radius 2 is 1.00 bits per heavy atom. The maximum Gasteiger partial charge on any atom is 0.134 e. The normalized spacial score (nSPS) is 11.9. The molecule has 8 aromatic carbocycles. The lowest BCUT2D eigenvalue weighted by atomic mass is 9.97. The van der Waals surface area contributed by atoms with Gasteiger partial charge in [-0.25, -0.2) is 0 Å². The second-order valence-corrected chi connectivity index (χ2v) is 17.0. The van der Waals surface area contributed by atoms with Gasteiger partial charge in [-0.2, -0.15) is 0 Å². The average molecular weight is 934 g/mol. The molecule has 1 aliphatic rings. The van der Waals surface area contributed by atoms with Gasteiger partial charge >= 0.3 is 0 Å². The van der Waals surface area contributed by atoms with Crippen LogP contribution in [0, 0.1) is 27.7 Å². The Labute approximate surface area is 388 Å². The highest BCUT2D eigenvalue weighted by atomic mass is 127. The summed E-state index contributed by atoms with van der Waals surface area (Å²) in [5.41, 5.74) is 20.1. The van der Waals surface area contributed by atoms with Crippen LogP contribution in [0.1, 0.15) is 45.6 Å². The van der Waals surface area contributed by atoms with Crippen molar-refractivity contribution in [1.29, 1.82) is 0 Å². The molecule has 312 valence electrons. The van der Waals surface area contributed by atoms with Crippen LogP contribution < -0.4 is 4.74 Å². The summed E-state index contributed by atoms with van der Waals surface area (Å²) in [6, 6.07) is 64.2. The molecule has 0 unspecified atom stereocenters. The number of rotatable bonds is 8. The van der Waals surface area contributed by atoms with E-state index in [9.17, 15) is 0 Å². The molecule has 0 atom stereocenters. The number of aryl methyl sites for hydroxylation is 6. The van der Waals surface area contributed by atoms with Crippen LogP contribution in [0.15, 0.2) is 180 Å². The van der Waals surface area contributed by atoms with Crippen LogP contribution in [0.5, 0.6) is 5.75 Å². The lowest BCUT2D eigenvalue weighted by Gasteiger charge is -2.09. The van der Waals surface area contributed by atoms with E-state index in [4.69, 9.17) is 9.15 Å². The Morgan fingerprint density at radius 3 is 1.67 bits per heavy atom. The van der Waals surface area contributed by atoms with Crippen LogP contribution in [0.25, 0.3) is 71.8 Å². The number of nitrogens with zero attached hydrogens (tertiary/aromatic N) is 1. The predicted octanol–water partition coefficient (Wildman–Crippen LogP) is 16.2. The van der Waals surface area contributed by atoms with Gasteiger partial charge in [0, 0.05) is 28.3 Å². The molecule has 0 spiro atoms. The summed E-state index contributed by atoms with van der Waals surface area (Å²) in [6.45, 7) is 9.21. The fraction of sp³-hybridized carbons (Fsp3) is 0.153. The number of benzene rings is 8. The lowest BCUT2D eigenvalue weighted by Crippen LogP contribution is -1.93. The van der Waals surface area contributed by atoms with Gasteiger partial charge in [-0.05, 0) is 163 Å². The molecule has 0 saturated carbocycles. The standard InChI is InChI=1S/C42H35NO.C17H16O.HI/c1-29-10-21-40-38(26-29)39-28-35(19-22-41(39)43(40)37-8-3-2-4-9-37)33-17-13-31(14-18-33)7-5-6-30-11-15-32(16-12-30)34-20-23-42-36(27-34)24-25-44-42;1-11-4-6-14(7-5-11)15-8-9-17-16(10-15)12(2)13(3)18-17;/h2-4,8-23,26-28H,5-7,24-25H2,1H3;4-10H,1-3H3;1H. The minimum Gasteiger partial charge on any atom is -0.493 e. The third-order valence-electron chi connectivity index (χ3n) is 12.7. The van der Waals surface area contributed by atoms with Gasteiger partial charge in [0.05, 0.1) is 17.6 Å². The minimum atomic E-state index is 0. The molecule has 0 bridgehead atoms. The molecule has 0 fully saturated rings. The predicted molar refractivity (Wildman–Crippen MR) is 275 cm³/mol. The van der Waals surface area contributed by atoms with Crippen molar-refractivity contribution in [3.05, 3.63) is 215 Å². The van der Waals surface area contributed by atoms with E-state index in [1.807, 2.05) is 6.92 Å². The smallest absolute Gasteiger partial charge is 0.134 e. The molecule has 3 nitrogen and oxygen atoms in total. The number of aromatic nitrogens is 1. The molecule has 0 saturated heterocycles. The van der Waals surface area contributed by atoms with Crippen LogP contribution in [0.3, 0.4) is 0 Å². The molecule has 63 heavy (non-hydrogen) atoms. The van der Waals surface area contributed by atoms with E-state index >= 15 is 0 Å². The zero-order valence-electron chi connectivity index (χ0n) is 36.5. The molecular weight excluding hydrogens is 882 g/mol. The van der Waals surface area contributed by atoms with Crippen LogP contribution in [0.2, 0.25) is 0 Å². The van der Waals surface area contributed by atoms with E-state index in [0.29, 0.717) is 0 Å². The van der Waals surface area contributed by atoms with E-state index < -0.39 is 0 Å². The van der Waals surface area contributed by atoms with Crippen molar-refractivity contribution < 1.29 is 9.15 Å². The van der Waals surface area contributed by atoms with Crippen molar-refractivity contribution >= 4 is 56.8 Å². The molecule has 0 amide bonds. The van der Waals surface area contributed by atoms with E-state index in [1.165, 1.54) is 99.6 Å². The van der Waals surface area contributed by atoms with Crippen molar-refractivity contribution in [2.24, 2.45) is 0 Å². The van der Waals surface area contributed by atoms with Crippen molar-refractivity contribution in [2.75, 3.05) is 6.61 Å². The highest BCUT2D eigenvalue weighted by Crippen LogP contribution is 2.36. The Hall–Kier alpha value is -6.37. The van der Waals surface area contributed by atoms with Crippen molar-refractivity contribution in [2.45, 2.75) is 53.4 Å². The first-order valence-corrected chi connectivity index (χ1v) is 22.0. The number of fused-ring (bicyclic) bond motifs is 5. The topological polar surface area (TPSA) is 27.3 Å². The maximum absolute atomic E-state index is 5.71. The quantitative estimate of drug-likeness (QED) is 0.142. The minimum absolute atomic E-state index is 0. The first-order chi connectivity index (χ1) is 30.3. The van der Waals surface area contributed by atoms with Crippen LogP contribution in [-0.4, -0.2) is 11.2 Å². The largest absolute Gasteiger partial charge is 0.493 e. The summed E-state index contributed by atoms with van der Waals surface area (Å²) < 4.78 is 13.8. The lowest BCUT2D eigenvalue weighted by molar-refractivity contribution is 0.357. The summed E-state index contributed by atoms with van der Waals surface area (Å²) in [6.07, 6.45) is 4.31. The maximum atomic E-state index is 5.71. The van der Waals surface area contributed by atoms with Gasteiger partial charge in [0.2, 0.25) is 0 Å². The number of para-hydroxylation sites is 1. The van der Waals surface area contributed by atoms with Crippen molar-refractivity contribution in [3.63, 3.8) is 0 Å². The summed E-state index contributed by atoms with van der Waals surface area (Å²) in [7, 11) is 0. The van der Waals surface area contributed by atoms with Gasteiger partial charge in [0.25, 0.3) is 0 Å². The van der Waals surface area contributed by atoms with Crippen LogP contribution in [-0.2, 0) is 19.3 Å². The third-order valence-corrected chi connectivity index (χ3v) is 12.7. The van der Waals surface area contributed by atoms with E-state index in [1.54, 1.807) is 0 Å². The fourth-order valence-electron chi connectivity index (χ4n) is 9.03. The first kappa shape index (κ1) is 42.0. The van der Waals surface area contributed by atoms with Gasteiger partial charge in [-0.3, -0.25) is 0 Å². The molecule has 4 heteroatoms. The zero-order chi connectivity index (χ0) is 42.2. The molecule has 0 aliphatic carbocycles. The second kappa shape index (κ2) is 18.2. The molecular formula is C59H52INO2. The molecule has 11 rings (SSSR count). The molecule has 2 aromatic heterocycles. The number of furan rings is 1.